The van der Waals surface area contributed by atoms with Crippen LogP contribution in [-0.4, -0.2) is 47.4 Å². The van der Waals surface area contributed by atoms with Crippen molar-refractivity contribution in [2.24, 2.45) is 0 Å². The van der Waals surface area contributed by atoms with Crippen LogP contribution in [0.25, 0.3) is 11.5 Å². The van der Waals surface area contributed by atoms with E-state index in [2.05, 4.69) is 32.5 Å². The highest BCUT2D eigenvalue weighted by atomic mass is 35.5. The summed E-state index contributed by atoms with van der Waals surface area (Å²) in [5, 5.41) is 12.0. The van der Waals surface area contributed by atoms with E-state index in [9.17, 15) is 4.79 Å². The number of aromatic nitrogens is 2. The number of rotatable bonds is 8. The molecule has 0 bridgehead atoms. The van der Waals surface area contributed by atoms with Crippen molar-refractivity contribution in [2.45, 2.75) is 11.3 Å². The second-order valence-electron chi connectivity index (χ2n) is 6.36. The summed E-state index contributed by atoms with van der Waals surface area (Å²) < 4.78 is 5.60. The molecular weight excluding hydrogens is 396 g/mol. The van der Waals surface area contributed by atoms with Crippen molar-refractivity contribution in [2.75, 3.05) is 26.4 Å². The Bertz CT molecular complexity index is 900. The van der Waals surface area contributed by atoms with E-state index in [4.69, 9.17) is 16.0 Å². The molecule has 1 N–H and O–H groups in total. The highest BCUT2D eigenvalue weighted by molar-refractivity contribution is 7.99. The van der Waals surface area contributed by atoms with Crippen LogP contribution in [0.4, 0.5) is 0 Å². The molecule has 1 aromatic heterocycles. The lowest BCUT2D eigenvalue weighted by atomic mass is 10.1. The number of likely N-dealkylation sites (N-methyl/N-ethyl adjacent to an activating group) is 1. The molecule has 0 aliphatic carbocycles. The van der Waals surface area contributed by atoms with Gasteiger partial charge < -0.3 is 14.6 Å². The van der Waals surface area contributed by atoms with Crippen molar-refractivity contribution in [3.05, 3.63) is 65.2 Å². The van der Waals surface area contributed by atoms with Crippen LogP contribution in [0, 0.1) is 0 Å². The molecule has 2 aromatic carbocycles. The van der Waals surface area contributed by atoms with Crippen molar-refractivity contribution >= 4 is 29.3 Å². The topological polar surface area (TPSA) is 71.3 Å². The van der Waals surface area contributed by atoms with E-state index in [1.54, 1.807) is 12.1 Å². The lowest BCUT2D eigenvalue weighted by Gasteiger charge is -2.25. The minimum absolute atomic E-state index is 0.0842. The zero-order valence-electron chi connectivity index (χ0n) is 15.6. The molecule has 0 saturated heterocycles. The Morgan fingerprint density at radius 2 is 1.86 bits per heavy atom. The second-order valence-corrected chi connectivity index (χ2v) is 7.73. The molecule has 3 aromatic rings. The number of nitrogens with one attached hydrogen (secondary N) is 1. The highest BCUT2D eigenvalue weighted by Crippen LogP contribution is 2.24. The predicted octanol–water partition coefficient (Wildman–Crippen LogP) is 3.90. The van der Waals surface area contributed by atoms with Gasteiger partial charge in [-0.3, -0.25) is 4.79 Å². The average molecular weight is 417 g/mol. The summed E-state index contributed by atoms with van der Waals surface area (Å²) in [6.45, 7) is 0.524. The van der Waals surface area contributed by atoms with Gasteiger partial charge in [0, 0.05) is 17.1 Å². The standard InChI is InChI=1S/C20H21ClN4O2S/c1-25(2)17(14-6-4-3-5-7-14)12-22-18(26)13-28-20-24-23-19(27-20)15-8-10-16(21)11-9-15/h3-11,17H,12-13H2,1-2H3,(H,22,26)/t17-/m1/s1. The van der Waals surface area contributed by atoms with Gasteiger partial charge in [-0.2, -0.15) is 0 Å². The fraction of sp³-hybridized carbons (Fsp3) is 0.250. The Hall–Kier alpha value is -2.35. The summed E-state index contributed by atoms with van der Waals surface area (Å²) in [6, 6.07) is 17.3. The van der Waals surface area contributed by atoms with E-state index in [0.29, 0.717) is 22.7 Å². The first-order valence-corrected chi connectivity index (χ1v) is 10.1. The number of halogens is 1. The molecule has 8 heteroatoms. The molecule has 0 saturated carbocycles. The molecule has 1 atom stereocenters. The van der Waals surface area contributed by atoms with Crippen LogP contribution in [0.3, 0.4) is 0 Å². The maximum absolute atomic E-state index is 12.2. The summed E-state index contributed by atoms with van der Waals surface area (Å²) in [6.07, 6.45) is 0. The summed E-state index contributed by atoms with van der Waals surface area (Å²) in [5.41, 5.74) is 1.94. The smallest absolute Gasteiger partial charge is 0.277 e. The van der Waals surface area contributed by atoms with E-state index in [0.717, 1.165) is 11.1 Å². The number of benzene rings is 2. The van der Waals surface area contributed by atoms with Crippen molar-refractivity contribution in [1.29, 1.82) is 0 Å². The Labute approximate surface area is 173 Å². The molecule has 0 radical (unpaired) electrons. The first-order valence-electron chi connectivity index (χ1n) is 8.73. The molecule has 1 heterocycles. The van der Waals surface area contributed by atoms with E-state index < -0.39 is 0 Å². The minimum atomic E-state index is -0.0842. The summed E-state index contributed by atoms with van der Waals surface area (Å²) in [4.78, 5) is 14.3. The van der Waals surface area contributed by atoms with Crippen molar-refractivity contribution in [3.8, 4) is 11.5 Å². The van der Waals surface area contributed by atoms with Crippen LogP contribution in [0.5, 0.6) is 0 Å². The molecule has 6 nitrogen and oxygen atoms in total. The molecule has 0 aliphatic rings. The van der Waals surface area contributed by atoms with E-state index >= 15 is 0 Å². The van der Waals surface area contributed by atoms with Gasteiger partial charge in [-0.15, -0.1) is 10.2 Å². The molecule has 0 fully saturated rings. The number of hydrogen-bond acceptors (Lipinski definition) is 6. The molecule has 3 rings (SSSR count). The molecule has 0 aliphatic heterocycles. The third kappa shape index (κ3) is 5.58. The van der Waals surface area contributed by atoms with Crippen LogP contribution in [-0.2, 0) is 4.79 Å². The maximum Gasteiger partial charge on any atom is 0.277 e. The maximum atomic E-state index is 12.2. The van der Waals surface area contributed by atoms with Crippen molar-refractivity contribution in [3.63, 3.8) is 0 Å². The zero-order chi connectivity index (χ0) is 19.9. The molecular formula is C20H21ClN4O2S. The third-order valence-electron chi connectivity index (χ3n) is 4.12. The largest absolute Gasteiger partial charge is 0.411 e. The van der Waals surface area contributed by atoms with Gasteiger partial charge in [-0.25, -0.2) is 0 Å². The van der Waals surface area contributed by atoms with Gasteiger partial charge in [0.15, 0.2) is 0 Å². The molecule has 1 amide bonds. The van der Waals surface area contributed by atoms with Crippen LogP contribution < -0.4 is 5.32 Å². The van der Waals surface area contributed by atoms with Gasteiger partial charge in [0.2, 0.25) is 11.8 Å². The van der Waals surface area contributed by atoms with Gasteiger partial charge in [0.25, 0.3) is 5.22 Å². The average Bonchev–Trinajstić information content (AvgIpc) is 3.17. The van der Waals surface area contributed by atoms with Crippen LogP contribution >= 0.6 is 23.4 Å². The fourth-order valence-electron chi connectivity index (χ4n) is 2.64. The van der Waals surface area contributed by atoms with Gasteiger partial charge in [0.05, 0.1) is 11.8 Å². The van der Waals surface area contributed by atoms with Gasteiger partial charge in [-0.1, -0.05) is 53.7 Å². The first kappa shape index (κ1) is 20.4. The monoisotopic (exact) mass is 416 g/mol. The Kier molecular flexibility index (Phi) is 7.08. The van der Waals surface area contributed by atoms with Crippen LogP contribution in [0.1, 0.15) is 11.6 Å². The Balaban J connectivity index is 1.51. The number of carbonyl (C=O) groups is 1. The number of carbonyl (C=O) groups excluding carboxylic acids is 1. The third-order valence-corrected chi connectivity index (χ3v) is 5.20. The Morgan fingerprint density at radius 3 is 2.54 bits per heavy atom. The van der Waals surface area contributed by atoms with Crippen LogP contribution in [0.2, 0.25) is 5.02 Å². The normalized spacial score (nSPS) is 12.1. The van der Waals surface area contributed by atoms with Crippen molar-refractivity contribution < 1.29 is 9.21 Å². The number of nitrogens with zero attached hydrogens (tertiary/aromatic N) is 3. The van der Waals surface area contributed by atoms with Gasteiger partial charge in [-0.05, 0) is 43.9 Å². The van der Waals surface area contributed by atoms with Gasteiger partial charge in [0.1, 0.15) is 0 Å². The summed E-state index contributed by atoms with van der Waals surface area (Å²) in [7, 11) is 3.99. The first-order chi connectivity index (χ1) is 13.5. The summed E-state index contributed by atoms with van der Waals surface area (Å²) >= 11 is 7.09. The second kappa shape index (κ2) is 9.73. The lowest BCUT2D eigenvalue weighted by Crippen LogP contribution is -2.35. The molecule has 28 heavy (non-hydrogen) atoms. The number of thioether (sulfide) groups is 1. The van der Waals surface area contributed by atoms with Crippen LogP contribution in [0.15, 0.2) is 64.2 Å². The SMILES string of the molecule is CN(C)[C@H](CNC(=O)CSc1nnc(-c2ccc(Cl)cc2)o1)c1ccccc1. The zero-order valence-corrected chi connectivity index (χ0v) is 17.2. The number of hydrogen-bond donors (Lipinski definition) is 1. The molecule has 146 valence electrons. The van der Waals surface area contributed by atoms with Gasteiger partial charge >= 0.3 is 0 Å². The lowest BCUT2D eigenvalue weighted by molar-refractivity contribution is -0.118. The van der Waals surface area contributed by atoms with E-state index in [-0.39, 0.29) is 17.7 Å². The molecule has 0 spiro atoms. The summed E-state index contributed by atoms with van der Waals surface area (Å²) in [5.74, 6) is 0.521. The molecule has 0 unspecified atom stereocenters. The minimum Gasteiger partial charge on any atom is -0.411 e. The fourth-order valence-corrected chi connectivity index (χ4v) is 3.36. The number of amides is 1. The van der Waals surface area contributed by atoms with Crippen molar-refractivity contribution in [1.82, 2.24) is 20.4 Å². The van der Waals surface area contributed by atoms with E-state index in [1.165, 1.54) is 11.8 Å². The highest BCUT2D eigenvalue weighted by Gasteiger charge is 2.16. The van der Waals surface area contributed by atoms with E-state index in [1.807, 2.05) is 44.4 Å². The quantitative estimate of drug-likeness (QED) is 0.561. The Morgan fingerprint density at radius 1 is 1.14 bits per heavy atom. The predicted molar refractivity (Wildman–Crippen MR) is 111 cm³/mol.